The highest BCUT2D eigenvalue weighted by Gasteiger charge is 2.06. The van der Waals surface area contributed by atoms with E-state index in [4.69, 9.17) is 5.84 Å². The molecule has 1 aromatic heterocycles. The van der Waals surface area contributed by atoms with Crippen molar-refractivity contribution < 1.29 is 4.39 Å². The number of benzene rings is 1. The molecule has 1 heterocycles. The van der Waals surface area contributed by atoms with Gasteiger partial charge in [0.05, 0.1) is 6.20 Å². The largest absolute Gasteiger partial charge is 0.291 e. The second kappa shape index (κ2) is 3.97. The van der Waals surface area contributed by atoms with Crippen molar-refractivity contribution in [1.82, 2.24) is 15.2 Å². The Morgan fingerprint density at radius 3 is 2.60 bits per heavy atom. The number of rotatable bonds is 2. The third kappa shape index (κ3) is 1.89. The number of nitrogens with zero attached hydrogens (tertiary/aromatic N) is 3. The number of nitrogens with two attached hydrogens (primary N) is 1. The molecule has 0 atom stereocenters. The van der Waals surface area contributed by atoms with Crippen molar-refractivity contribution in [2.45, 2.75) is 0 Å². The lowest BCUT2D eigenvalue weighted by molar-refractivity contribution is 0.630. The average Bonchev–Trinajstić information content (AvgIpc) is 2.30. The maximum absolute atomic E-state index is 13.3. The van der Waals surface area contributed by atoms with Crippen molar-refractivity contribution in [2.24, 2.45) is 5.84 Å². The summed E-state index contributed by atoms with van der Waals surface area (Å²) in [4.78, 5) is 3.84. The SMILES string of the molecule is NNc1ncc(-c2ccccc2F)nn1. The first kappa shape index (κ1) is 9.47. The Bertz CT molecular complexity index is 456. The third-order valence-corrected chi connectivity index (χ3v) is 1.84. The van der Waals surface area contributed by atoms with E-state index in [1.165, 1.54) is 12.3 Å². The summed E-state index contributed by atoms with van der Waals surface area (Å²) in [5.41, 5.74) is 2.97. The van der Waals surface area contributed by atoms with Gasteiger partial charge < -0.3 is 0 Å². The number of hydrogen-bond donors (Lipinski definition) is 2. The van der Waals surface area contributed by atoms with Gasteiger partial charge in [0.1, 0.15) is 11.5 Å². The van der Waals surface area contributed by atoms with E-state index in [1.54, 1.807) is 18.2 Å². The Hall–Kier alpha value is -2.08. The molecule has 2 rings (SSSR count). The predicted molar refractivity (Wildman–Crippen MR) is 53.0 cm³/mol. The van der Waals surface area contributed by atoms with E-state index in [1.807, 2.05) is 0 Å². The Kier molecular flexibility index (Phi) is 2.51. The van der Waals surface area contributed by atoms with Crippen LogP contribution < -0.4 is 11.3 Å². The Labute approximate surface area is 85.1 Å². The zero-order valence-corrected chi connectivity index (χ0v) is 7.68. The molecule has 1 aromatic carbocycles. The number of hydrazine groups is 1. The van der Waals surface area contributed by atoms with E-state index < -0.39 is 0 Å². The minimum absolute atomic E-state index is 0.190. The Morgan fingerprint density at radius 2 is 2.00 bits per heavy atom. The maximum atomic E-state index is 13.3. The van der Waals surface area contributed by atoms with Crippen molar-refractivity contribution in [1.29, 1.82) is 0 Å². The van der Waals surface area contributed by atoms with Crippen LogP contribution in [0.5, 0.6) is 0 Å². The van der Waals surface area contributed by atoms with E-state index in [0.29, 0.717) is 11.3 Å². The quantitative estimate of drug-likeness (QED) is 0.564. The molecule has 0 aliphatic carbocycles. The normalized spacial score (nSPS) is 10.0. The Balaban J connectivity index is 2.42. The van der Waals surface area contributed by atoms with E-state index in [0.717, 1.165) is 0 Å². The van der Waals surface area contributed by atoms with Crippen LogP contribution in [0.4, 0.5) is 10.3 Å². The number of halogens is 1. The van der Waals surface area contributed by atoms with Gasteiger partial charge in [-0.1, -0.05) is 12.1 Å². The molecule has 0 spiro atoms. The second-order valence-electron chi connectivity index (χ2n) is 2.79. The molecule has 0 amide bonds. The molecule has 3 N–H and O–H groups in total. The van der Waals surface area contributed by atoms with Crippen LogP contribution in [0.2, 0.25) is 0 Å². The summed E-state index contributed by atoms with van der Waals surface area (Å²) < 4.78 is 13.3. The smallest absolute Gasteiger partial charge is 0.256 e. The van der Waals surface area contributed by atoms with E-state index in [-0.39, 0.29) is 11.8 Å². The zero-order valence-electron chi connectivity index (χ0n) is 7.68. The fourth-order valence-corrected chi connectivity index (χ4v) is 1.13. The van der Waals surface area contributed by atoms with Crippen LogP contribution >= 0.6 is 0 Å². The first-order valence-corrected chi connectivity index (χ1v) is 4.22. The molecule has 0 fully saturated rings. The lowest BCUT2D eigenvalue weighted by Crippen LogP contribution is -2.11. The molecular weight excluding hydrogens is 197 g/mol. The van der Waals surface area contributed by atoms with Crippen LogP contribution in [0, 0.1) is 5.82 Å². The number of hydrogen-bond acceptors (Lipinski definition) is 5. The van der Waals surface area contributed by atoms with Crippen LogP contribution in [0.25, 0.3) is 11.3 Å². The summed E-state index contributed by atoms with van der Waals surface area (Å²) >= 11 is 0. The molecule has 6 heteroatoms. The first-order valence-electron chi connectivity index (χ1n) is 4.22. The molecule has 0 aliphatic heterocycles. The molecule has 5 nitrogen and oxygen atoms in total. The van der Waals surface area contributed by atoms with Gasteiger partial charge in [-0.3, -0.25) is 5.43 Å². The van der Waals surface area contributed by atoms with Crippen molar-refractivity contribution in [3.8, 4) is 11.3 Å². The molecule has 0 saturated carbocycles. The zero-order chi connectivity index (χ0) is 10.7. The minimum atomic E-state index is -0.359. The van der Waals surface area contributed by atoms with Crippen molar-refractivity contribution in [3.05, 3.63) is 36.3 Å². The lowest BCUT2D eigenvalue weighted by atomic mass is 10.1. The maximum Gasteiger partial charge on any atom is 0.256 e. The van der Waals surface area contributed by atoms with Crippen molar-refractivity contribution >= 4 is 5.95 Å². The average molecular weight is 205 g/mol. The molecule has 0 aliphatic rings. The highest BCUT2D eigenvalue weighted by Crippen LogP contribution is 2.18. The standard InChI is InChI=1S/C9H8FN5/c10-7-4-2-1-3-6(7)8-5-12-9(13-11)15-14-8/h1-5H,11H2,(H,12,13,15). The van der Waals surface area contributed by atoms with Crippen molar-refractivity contribution in [3.63, 3.8) is 0 Å². The molecule has 76 valence electrons. The summed E-state index contributed by atoms with van der Waals surface area (Å²) in [6, 6.07) is 6.29. The fourth-order valence-electron chi connectivity index (χ4n) is 1.13. The summed E-state index contributed by atoms with van der Waals surface area (Å²) in [6.45, 7) is 0. The van der Waals surface area contributed by atoms with Gasteiger partial charge in [0.25, 0.3) is 5.95 Å². The van der Waals surface area contributed by atoms with Crippen LogP contribution in [0.3, 0.4) is 0 Å². The van der Waals surface area contributed by atoms with E-state index >= 15 is 0 Å². The summed E-state index contributed by atoms with van der Waals surface area (Å²) in [6.07, 6.45) is 1.40. The highest BCUT2D eigenvalue weighted by molar-refractivity contribution is 5.58. The van der Waals surface area contributed by atoms with Crippen LogP contribution in [0.1, 0.15) is 0 Å². The van der Waals surface area contributed by atoms with E-state index in [9.17, 15) is 4.39 Å². The van der Waals surface area contributed by atoms with Gasteiger partial charge in [0, 0.05) is 5.56 Å². The highest BCUT2D eigenvalue weighted by atomic mass is 19.1. The lowest BCUT2D eigenvalue weighted by Gasteiger charge is -2.01. The molecule has 15 heavy (non-hydrogen) atoms. The van der Waals surface area contributed by atoms with Gasteiger partial charge in [-0.25, -0.2) is 15.2 Å². The molecule has 0 radical (unpaired) electrons. The number of anilines is 1. The second-order valence-corrected chi connectivity index (χ2v) is 2.79. The number of nitrogens with one attached hydrogen (secondary N) is 1. The van der Waals surface area contributed by atoms with Crippen molar-refractivity contribution in [2.75, 3.05) is 5.43 Å². The fraction of sp³-hybridized carbons (Fsp3) is 0. The monoisotopic (exact) mass is 205 g/mol. The minimum Gasteiger partial charge on any atom is -0.291 e. The first-order chi connectivity index (χ1) is 7.31. The molecule has 0 bridgehead atoms. The van der Waals surface area contributed by atoms with Crippen LogP contribution in [0.15, 0.2) is 30.5 Å². The summed E-state index contributed by atoms with van der Waals surface area (Å²) in [7, 11) is 0. The van der Waals surface area contributed by atoms with E-state index in [2.05, 4.69) is 20.6 Å². The third-order valence-electron chi connectivity index (χ3n) is 1.84. The molecular formula is C9H8FN5. The van der Waals surface area contributed by atoms with Gasteiger partial charge in [-0.2, -0.15) is 0 Å². The van der Waals surface area contributed by atoms with Crippen LogP contribution in [-0.4, -0.2) is 15.2 Å². The van der Waals surface area contributed by atoms with Gasteiger partial charge in [-0.05, 0) is 12.1 Å². The molecule has 0 unspecified atom stereocenters. The molecule has 2 aromatic rings. The van der Waals surface area contributed by atoms with Gasteiger partial charge in [0.2, 0.25) is 0 Å². The predicted octanol–water partition coefficient (Wildman–Crippen LogP) is 0.963. The van der Waals surface area contributed by atoms with Crippen LogP contribution in [-0.2, 0) is 0 Å². The van der Waals surface area contributed by atoms with Gasteiger partial charge >= 0.3 is 0 Å². The summed E-state index contributed by atoms with van der Waals surface area (Å²) in [5.74, 6) is 4.91. The van der Waals surface area contributed by atoms with Gasteiger partial charge in [-0.15, -0.1) is 10.2 Å². The summed E-state index contributed by atoms with van der Waals surface area (Å²) in [5, 5.41) is 7.44. The Morgan fingerprint density at radius 1 is 1.20 bits per heavy atom. The number of aromatic nitrogens is 3. The topological polar surface area (TPSA) is 76.7 Å². The molecule has 0 saturated heterocycles. The number of nitrogen functional groups attached to an aromatic ring is 1. The van der Waals surface area contributed by atoms with Gasteiger partial charge in [0.15, 0.2) is 0 Å².